The maximum atomic E-state index is 5.72. The van der Waals surface area contributed by atoms with Crippen LogP contribution in [0.4, 0.5) is 5.82 Å². The van der Waals surface area contributed by atoms with Crippen LogP contribution >= 0.6 is 11.3 Å². The lowest BCUT2D eigenvalue weighted by Crippen LogP contribution is -2.38. The Labute approximate surface area is 117 Å². The van der Waals surface area contributed by atoms with Gasteiger partial charge in [0.25, 0.3) is 0 Å². The first-order valence-corrected chi connectivity index (χ1v) is 7.65. The summed E-state index contributed by atoms with van der Waals surface area (Å²) in [6.45, 7) is 3.30. The lowest BCUT2D eigenvalue weighted by atomic mass is 10.1. The van der Waals surface area contributed by atoms with Crippen LogP contribution in [-0.2, 0) is 4.74 Å². The molecule has 0 bridgehead atoms. The Morgan fingerprint density at radius 1 is 1.37 bits per heavy atom. The molecule has 0 aromatic carbocycles. The van der Waals surface area contributed by atoms with Gasteiger partial charge >= 0.3 is 0 Å². The number of fused-ring (bicyclic) bond motifs is 1. The summed E-state index contributed by atoms with van der Waals surface area (Å²) in [5.41, 5.74) is 5.47. The van der Waals surface area contributed by atoms with E-state index in [1.807, 2.05) is 6.20 Å². The van der Waals surface area contributed by atoms with Crippen molar-refractivity contribution in [1.29, 1.82) is 0 Å². The molecule has 5 heteroatoms. The van der Waals surface area contributed by atoms with E-state index in [0.29, 0.717) is 19.3 Å². The molecule has 1 aliphatic heterocycles. The van der Waals surface area contributed by atoms with E-state index in [1.165, 1.54) is 10.1 Å². The SMILES string of the molecule is NCCOC1CCN(c2nccc3sccc23)CC1. The van der Waals surface area contributed by atoms with Gasteiger partial charge in [-0.05, 0) is 30.4 Å². The average molecular weight is 277 g/mol. The molecule has 1 aliphatic rings. The highest BCUT2D eigenvalue weighted by Crippen LogP contribution is 2.30. The zero-order valence-corrected chi connectivity index (χ0v) is 11.7. The Morgan fingerprint density at radius 2 is 2.21 bits per heavy atom. The summed E-state index contributed by atoms with van der Waals surface area (Å²) in [5.74, 6) is 1.12. The molecule has 2 aromatic rings. The Morgan fingerprint density at radius 3 is 3.00 bits per heavy atom. The number of nitrogens with two attached hydrogens (primary N) is 1. The highest BCUT2D eigenvalue weighted by Gasteiger charge is 2.21. The Kier molecular flexibility index (Phi) is 3.96. The summed E-state index contributed by atoms with van der Waals surface area (Å²) in [7, 11) is 0. The highest BCUT2D eigenvalue weighted by atomic mass is 32.1. The van der Waals surface area contributed by atoms with Crippen LogP contribution in [0.2, 0.25) is 0 Å². The van der Waals surface area contributed by atoms with E-state index in [2.05, 4.69) is 27.4 Å². The number of thiophene rings is 1. The summed E-state index contributed by atoms with van der Waals surface area (Å²) in [6.07, 6.45) is 4.39. The minimum absolute atomic E-state index is 0.362. The fourth-order valence-corrected chi connectivity index (χ4v) is 3.38. The summed E-state index contributed by atoms with van der Waals surface area (Å²) in [5, 5.41) is 3.40. The molecule has 2 aromatic heterocycles. The van der Waals surface area contributed by atoms with Crippen LogP contribution < -0.4 is 10.6 Å². The Hall–Kier alpha value is -1.17. The summed E-state index contributed by atoms with van der Waals surface area (Å²) < 4.78 is 7.03. The molecule has 3 rings (SSSR count). The zero-order valence-electron chi connectivity index (χ0n) is 10.9. The monoisotopic (exact) mass is 277 g/mol. The van der Waals surface area contributed by atoms with Gasteiger partial charge in [-0.1, -0.05) is 0 Å². The smallest absolute Gasteiger partial charge is 0.137 e. The van der Waals surface area contributed by atoms with Crippen LogP contribution in [0, 0.1) is 0 Å². The number of hydrogen-bond acceptors (Lipinski definition) is 5. The lowest BCUT2D eigenvalue weighted by Gasteiger charge is -2.33. The lowest BCUT2D eigenvalue weighted by molar-refractivity contribution is 0.0421. The number of hydrogen-bond donors (Lipinski definition) is 1. The van der Waals surface area contributed by atoms with E-state index in [9.17, 15) is 0 Å². The molecule has 2 N–H and O–H groups in total. The van der Waals surface area contributed by atoms with E-state index >= 15 is 0 Å². The minimum atomic E-state index is 0.362. The van der Waals surface area contributed by atoms with Gasteiger partial charge < -0.3 is 15.4 Å². The van der Waals surface area contributed by atoms with Crippen LogP contribution in [0.15, 0.2) is 23.7 Å². The molecule has 102 valence electrons. The normalized spacial score (nSPS) is 17.2. The van der Waals surface area contributed by atoms with Gasteiger partial charge in [-0.2, -0.15) is 0 Å². The van der Waals surface area contributed by atoms with Crippen molar-refractivity contribution in [1.82, 2.24) is 4.98 Å². The summed E-state index contributed by atoms with van der Waals surface area (Å²) >= 11 is 1.77. The first-order valence-electron chi connectivity index (χ1n) is 6.77. The van der Waals surface area contributed by atoms with Crippen molar-refractivity contribution in [2.75, 3.05) is 31.1 Å². The molecule has 0 amide bonds. The fraction of sp³-hybridized carbons (Fsp3) is 0.500. The molecular formula is C14H19N3OS. The third-order valence-electron chi connectivity index (χ3n) is 3.57. The van der Waals surface area contributed by atoms with Gasteiger partial charge in [-0.25, -0.2) is 4.98 Å². The number of pyridine rings is 1. The van der Waals surface area contributed by atoms with Crippen LogP contribution in [0.3, 0.4) is 0 Å². The number of anilines is 1. The van der Waals surface area contributed by atoms with Gasteiger partial charge in [-0.15, -0.1) is 11.3 Å². The Bertz CT molecular complexity index is 534. The maximum absolute atomic E-state index is 5.72. The number of aromatic nitrogens is 1. The van der Waals surface area contributed by atoms with Gasteiger partial charge in [-0.3, -0.25) is 0 Å². The van der Waals surface area contributed by atoms with Gasteiger partial charge in [0.2, 0.25) is 0 Å². The van der Waals surface area contributed by atoms with E-state index in [1.54, 1.807) is 11.3 Å². The maximum Gasteiger partial charge on any atom is 0.137 e. The second kappa shape index (κ2) is 5.86. The zero-order chi connectivity index (χ0) is 13.1. The van der Waals surface area contributed by atoms with Crippen molar-refractivity contribution < 1.29 is 4.74 Å². The van der Waals surface area contributed by atoms with Crippen LogP contribution in [0.1, 0.15) is 12.8 Å². The van der Waals surface area contributed by atoms with Crippen molar-refractivity contribution in [3.8, 4) is 0 Å². The predicted octanol–water partition coefficient (Wildman–Crippen LogP) is 2.24. The number of ether oxygens (including phenoxy) is 1. The molecule has 19 heavy (non-hydrogen) atoms. The first kappa shape index (κ1) is 12.8. The Balaban J connectivity index is 1.69. The second-order valence-corrected chi connectivity index (χ2v) is 5.76. The molecule has 3 heterocycles. The molecule has 0 aliphatic carbocycles. The van der Waals surface area contributed by atoms with E-state index in [4.69, 9.17) is 10.5 Å². The van der Waals surface area contributed by atoms with E-state index in [-0.39, 0.29) is 0 Å². The standard InChI is InChI=1S/C14H19N3OS/c15-5-9-18-11-2-7-17(8-3-11)14-12-4-10-19-13(12)1-6-16-14/h1,4,6,10-11H,2-3,5,7-9,15H2. The first-order chi connectivity index (χ1) is 9.38. The number of nitrogens with zero attached hydrogens (tertiary/aromatic N) is 2. The van der Waals surface area contributed by atoms with Crippen molar-refractivity contribution >= 4 is 27.2 Å². The van der Waals surface area contributed by atoms with Gasteiger partial charge in [0, 0.05) is 35.9 Å². The molecule has 1 fully saturated rings. The van der Waals surface area contributed by atoms with Crippen LogP contribution in [-0.4, -0.2) is 37.3 Å². The van der Waals surface area contributed by atoms with Crippen molar-refractivity contribution in [3.63, 3.8) is 0 Å². The number of piperidine rings is 1. The van der Waals surface area contributed by atoms with Crippen LogP contribution in [0.5, 0.6) is 0 Å². The quantitative estimate of drug-likeness (QED) is 0.931. The molecular weight excluding hydrogens is 258 g/mol. The van der Waals surface area contributed by atoms with E-state index < -0.39 is 0 Å². The van der Waals surface area contributed by atoms with Crippen molar-refractivity contribution in [3.05, 3.63) is 23.7 Å². The molecule has 0 unspecified atom stereocenters. The summed E-state index contributed by atoms with van der Waals surface area (Å²) in [4.78, 5) is 6.93. The van der Waals surface area contributed by atoms with E-state index in [0.717, 1.165) is 31.7 Å². The van der Waals surface area contributed by atoms with Gasteiger partial charge in [0.1, 0.15) is 5.82 Å². The van der Waals surface area contributed by atoms with Gasteiger partial charge in [0.15, 0.2) is 0 Å². The average Bonchev–Trinajstić information content (AvgIpc) is 2.94. The largest absolute Gasteiger partial charge is 0.377 e. The molecule has 1 saturated heterocycles. The van der Waals surface area contributed by atoms with Crippen molar-refractivity contribution in [2.24, 2.45) is 5.73 Å². The second-order valence-electron chi connectivity index (χ2n) is 4.81. The van der Waals surface area contributed by atoms with Crippen molar-refractivity contribution in [2.45, 2.75) is 18.9 Å². The van der Waals surface area contributed by atoms with Crippen LogP contribution in [0.25, 0.3) is 10.1 Å². The topological polar surface area (TPSA) is 51.4 Å². The number of rotatable bonds is 4. The molecule has 0 spiro atoms. The molecule has 0 saturated carbocycles. The van der Waals surface area contributed by atoms with Gasteiger partial charge in [0.05, 0.1) is 12.7 Å². The molecule has 0 atom stereocenters. The fourth-order valence-electron chi connectivity index (χ4n) is 2.60. The minimum Gasteiger partial charge on any atom is -0.377 e. The molecule has 0 radical (unpaired) electrons. The third kappa shape index (κ3) is 2.73. The highest BCUT2D eigenvalue weighted by molar-refractivity contribution is 7.17. The molecule has 4 nitrogen and oxygen atoms in total. The predicted molar refractivity (Wildman–Crippen MR) is 79.9 cm³/mol. The summed E-state index contributed by atoms with van der Waals surface area (Å²) in [6, 6.07) is 4.25. The third-order valence-corrected chi connectivity index (χ3v) is 4.45.